The molecule has 0 saturated heterocycles. The van der Waals surface area contributed by atoms with Crippen LogP contribution in [0.25, 0.3) is 0 Å². The molecule has 0 fully saturated rings. The lowest BCUT2D eigenvalue weighted by Crippen LogP contribution is -2.17. The van der Waals surface area contributed by atoms with Crippen molar-refractivity contribution in [3.63, 3.8) is 0 Å². The summed E-state index contributed by atoms with van der Waals surface area (Å²) >= 11 is 0. The molecule has 1 N–H and O–H groups in total. The Kier molecular flexibility index (Phi) is 5.13. The van der Waals surface area contributed by atoms with E-state index in [1.807, 2.05) is 6.92 Å². The maximum absolute atomic E-state index is 12.3. The Labute approximate surface area is 125 Å². The van der Waals surface area contributed by atoms with E-state index >= 15 is 0 Å². The van der Waals surface area contributed by atoms with Crippen LogP contribution in [0.3, 0.4) is 0 Å². The van der Waals surface area contributed by atoms with Crippen LogP contribution in [0.15, 0.2) is 23.1 Å². The van der Waals surface area contributed by atoms with E-state index in [2.05, 4.69) is 6.07 Å². The zero-order valence-corrected chi connectivity index (χ0v) is 13.2. The lowest BCUT2D eigenvalue weighted by Gasteiger charge is -2.15. The van der Waals surface area contributed by atoms with Crippen LogP contribution in [0.2, 0.25) is 0 Å². The second-order valence-corrected chi connectivity index (χ2v) is 7.65. The summed E-state index contributed by atoms with van der Waals surface area (Å²) < 4.78 is 24.5. The number of hydrogen-bond donors (Lipinski definition) is 1. The first-order chi connectivity index (χ1) is 9.63. The maximum atomic E-state index is 12.3. The van der Waals surface area contributed by atoms with Gasteiger partial charge in [0.1, 0.15) is 0 Å². The van der Waals surface area contributed by atoms with E-state index in [1.54, 1.807) is 13.8 Å². The molecule has 0 aliphatic heterocycles. The van der Waals surface area contributed by atoms with E-state index in [0.717, 1.165) is 0 Å². The molecule has 1 rings (SSSR count). The van der Waals surface area contributed by atoms with Gasteiger partial charge in [-0.25, -0.2) is 13.2 Å². The third-order valence-electron chi connectivity index (χ3n) is 3.35. The molecular formula is C15H19NO4S. The second-order valence-electron chi connectivity index (χ2n) is 5.54. The second kappa shape index (κ2) is 6.27. The van der Waals surface area contributed by atoms with Crippen molar-refractivity contribution in [2.24, 2.45) is 5.41 Å². The first kappa shape index (κ1) is 17.2. The molecule has 1 aromatic rings. The predicted octanol–water partition coefficient (Wildman–Crippen LogP) is 2.66. The molecule has 0 saturated carbocycles. The largest absolute Gasteiger partial charge is 0.478 e. The summed E-state index contributed by atoms with van der Waals surface area (Å²) in [5, 5.41) is 18.1. The van der Waals surface area contributed by atoms with E-state index in [0.29, 0.717) is 12.0 Å². The van der Waals surface area contributed by atoms with Crippen LogP contribution < -0.4 is 0 Å². The summed E-state index contributed by atoms with van der Waals surface area (Å²) in [6.45, 7) is 5.15. The first-order valence-corrected chi connectivity index (χ1v) is 8.28. The molecule has 0 aliphatic carbocycles. The van der Waals surface area contributed by atoms with Crippen molar-refractivity contribution in [2.45, 2.75) is 38.5 Å². The fourth-order valence-corrected chi connectivity index (χ4v) is 3.41. The van der Waals surface area contributed by atoms with Crippen LogP contribution in [0.5, 0.6) is 0 Å². The topological polar surface area (TPSA) is 95.2 Å². The number of benzene rings is 1. The Balaban J connectivity index is 3.13. The number of hydrogen-bond acceptors (Lipinski definition) is 4. The number of nitrogens with zero attached hydrogens (tertiary/aromatic N) is 1. The fourth-order valence-electron chi connectivity index (χ4n) is 1.82. The van der Waals surface area contributed by atoms with Crippen molar-refractivity contribution < 1.29 is 18.3 Å². The van der Waals surface area contributed by atoms with Gasteiger partial charge in [-0.3, -0.25) is 0 Å². The van der Waals surface area contributed by atoms with Gasteiger partial charge in [-0.2, -0.15) is 5.26 Å². The minimum absolute atomic E-state index is 0.00848. The van der Waals surface area contributed by atoms with E-state index < -0.39 is 21.2 Å². The Hall–Kier alpha value is -1.87. The zero-order chi connectivity index (χ0) is 16.3. The highest BCUT2D eigenvalue weighted by Gasteiger charge is 2.24. The van der Waals surface area contributed by atoms with Crippen molar-refractivity contribution in [2.75, 3.05) is 5.75 Å². The average molecular weight is 309 g/mol. The standard InChI is InChI=1S/C15H19NO4S/c1-4-11-5-6-12(9-13(11)14(17)18)21(19,20)8-7-15(2,3)10-16/h5-6,9H,4,7-8H2,1-3H3,(H,17,18). The van der Waals surface area contributed by atoms with Crippen molar-refractivity contribution in [1.29, 1.82) is 5.26 Å². The smallest absolute Gasteiger partial charge is 0.336 e. The predicted molar refractivity (Wildman–Crippen MR) is 78.8 cm³/mol. The maximum Gasteiger partial charge on any atom is 0.336 e. The van der Waals surface area contributed by atoms with Gasteiger partial charge in [-0.05, 0) is 44.4 Å². The number of carboxylic acid groups (broad SMARTS) is 1. The molecule has 0 aliphatic rings. The lowest BCUT2D eigenvalue weighted by molar-refractivity contribution is 0.0695. The molecule has 6 heteroatoms. The minimum Gasteiger partial charge on any atom is -0.478 e. The molecule has 1 aromatic carbocycles. The highest BCUT2D eigenvalue weighted by atomic mass is 32.2. The molecule has 0 spiro atoms. The highest BCUT2D eigenvalue weighted by Crippen LogP contribution is 2.24. The summed E-state index contributed by atoms with van der Waals surface area (Å²) in [4.78, 5) is 11.2. The van der Waals surface area contributed by atoms with Crippen LogP contribution in [0, 0.1) is 16.7 Å². The molecular weight excluding hydrogens is 290 g/mol. The Morgan fingerprint density at radius 3 is 2.48 bits per heavy atom. The number of aryl methyl sites for hydroxylation is 1. The van der Waals surface area contributed by atoms with Gasteiger partial charge >= 0.3 is 5.97 Å². The molecule has 0 amide bonds. The number of aromatic carboxylic acids is 1. The van der Waals surface area contributed by atoms with Gasteiger partial charge in [0.2, 0.25) is 0 Å². The van der Waals surface area contributed by atoms with Gasteiger partial charge < -0.3 is 5.11 Å². The third-order valence-corrected chi connectivity index (χ3v) is 5.06. The van der Waals surface area contributed by atoms with Gasteiger partial charge in [-0.15, -0.1) is 0 Å². The van der Waals surface area contributed by atoms with Gasteiger partial charge in [0.25, 0.3) is 0 Å². The SMILES string of the molecule is CCc1ccc(S(=O)(=O)CCC(C)(C)C#N)cc1C(=O)O. The number of carboxylic acids is 1. The molecule has 0 heterocycles. The van der Waals surface area contributed by atoms with E-state index in [9.17, 15) is 13.2 Å². The number of nitriles is 1. The normalized spacial score (nSPS) is 11.9. The number of sulfone groups is 1. The molecule has 5 nitrogen and oxygen atoms in total. The zero-order valence-electron chi connectivity index (χ0n) is 12.4. The summed E-state index contributed by atoms with van der Waals surface area (Å²) in [6, 6.07) is 6.22. The Morgan fingerprint density at radius 2 is 2.00 bits per heavy atom. The molecule has 0 aromatic heterocycles. The molecule has 0 unspecified atom stereocenters. The van der Waals surface area contributed by atoms with Crippen molar-refractivity contribution in [3.05, 3.63) is 29.3 Å². The van der Waals surface area contributed by atoms with Crippen molar-refractivity contribution >= 4 is 15.8 Å². The van der Waals surface area contributed by atoms with Crippen molar-refractivity contribution in [3.8, 4) is 6.07 Å². The summed E-state index contributed by atoms with van der Waals surface area (Å²) in [7, 11) is -3.60. The van der Waals surface area contributed by atoms with Gasteiger partial charge in [0.05, 0.1) is 27.7 Å². The molecule has 21 heavy (non-hydrogen) atoms. The summed E-state index contributed by atoms with van der Waals surface area (Å²) in [5.41, 5.74) is -0.122. The minimum atomic E-state index is -3.60. The fraction of sp³-hybridized carbons (Fsp3) is 0.467. The van der Waals surface area contributed by atoms with E-state index in [1.165, 1.54) is 18.2 Å². The Morgan fingerprint density at radius 1 is 1.38 bits per heavy atom. The van der Waals surface area contributed by atoms with Crippen LogP contribution in [-0.4, -0.2) is 25.2 Å². The van der Waals surface area contributed by atoms with Crippen LogP contribution in [0.1, 0.15) is 43.1 Å². The van der Waals surface area contributed by atoms with Gasteiger partial charge in [0, 0.05) is 0 Å². The van der Waals surface area contributed by atoms with E-state index in [-0.39, 0.29) is 22.6 Å². The highest BCUT2D eigenvalue weighted by molar-refractivity contribution is 7.91. The summed E-state index contributed by atoms with van der Waals surface area (Å²) in [5.74, 6) is -1.32. The third kappa shape index (κ3) is 4.30. The number of rotatable bonds is 6. The monoisotopic (exact) mass is 309 g/mol. The molecule has 0 atom stereocenters. The van der Waals surface area contributed by atoms with Crippen molar-refractivity contribution in [1.82, 2.24) is 0 Å². The average Bonchev–Trinajstić information content (AvgIpc) is 2.44. The lowest BCUT2D eigenvalue weighted by atomic mass is 9.93. The summed E-state index contributed by atoms with van der Waals surface area (Å²) in [6.07, 6.45) is 0.715. The van der Waals surface area contributed by atoms with Gasteiger partial charge in [0.15, 0.2) is 9.84 Å². The first-order valence-electron chi connectivity index (χ1n) is 6.63. The van der Waals surface area contributed by atoms with Crippen LogP contribution >= 0.6 is 0 Å². The molecule has 0 bridgehead atoms. The molecule has 0 radical (unpaired) electrons. The van der Waals surface area contributed by atoms with E-state index in [4.69, 9.17) is 10.4 Å². The number of carbonyl (C=O) groups is 1. The molecule has 114 valence electrons. The Bertz CT molecular complexity index is 684. The van der Waals surface area contributed by atoms with Crippen LogP contribution in [-0.2, 0) is 16.3 Å². The van der Waals surface area contributed by atoms with Crippen LogP contribution in [0.4, 0.5) is 0 Å². The quantitative estimate of drug-likeness (QED) is 0.871. The van der Waals surface area contributed by atoms with Gasteiger partial charge in [-0.1, -0.05) is 13.0 Å².